The molecule has 3 aromatic rings. The Morgan fingerprint density at radius 1 is 0.970 bits per heavy atom. The van der Waals surface area contributed by atoms with Crippen molar-refractivity contribution in [1.29, 1.82) is 0 Å². The Kier molecular flexibility index (Phi) is 8.45. The number of nitrogens with zero attached hydrogens (tertiary/aromatic N) is 1. The Morgan fingerprint density at radius 2 is 1.70 bits per heavy atom. The Hall–Kier alpha value is -3.82. The number of nitrogens with two attached hydrogens (primary N) is 1. The molecule has 2 aromatic carbocycles. The fourth-order valence-electron chi connectivity index (χ4n) is 3.26. The van der Waals surface area contributed by atoms with Crippen molar-refractivity contribution in [3.63, 3.8) is 0 Å². The van der Waals surface area contributed by atoms with Gasteiger partial charge in [0.2, 0.25) is 5.91 Å². The van der Waals surface area contributed by atoms with E-state index in [0.717, 1.165) is 10.9 Å². The van der Waals surface area contributed by atoms with Crippen molar-refractivity contribution in [2.75, 3.05) is 6.54 Å². The molecule has 3 amide bonds. The van der Waals surface area contributed by atoms with Crippen molar-refractivity contribution < 1.29 is 19.5 Å². The summed E-state index contributed by atoms with van der Waals surface area (Å²) in [6, 6.07) is 19.1. The van der Waals surface area contributed by atoms with E-state index in [4.69, 9.17) is 5.73 Å². The zero-order valence-electron chi connectivity index (χ0n) is 18.0. The summed E-state index contributed by atoms with van der Waals surface area (Å²) in [6.07, 6.45) is 0.110. The Balaban J connectivity index is 1.52. The van der Waals surface area contributed by atoms with E-state index in [2.05, 4.69) is 21.2 Å². The van der Waals surface area contributed by atoms with E-state index >= 15 is 0 Å². The first-order valence-electron chi connectivity index (χ1n) is 10.6. The average Bonchev–Trinajstić information content (AvgIpc) is 2.82. The van der Waals surface area contributed by atoms with Crippen LogP contribution in [0.15, 0.2) is 66.7 Å². The number of hydrogen-bond acceptors (Lipinski definition) is 6. The predicted octanol–water partition coefficient (Wildman–Crippen LogP) is 0.823. The number of aryl methyl sites for hydroxylation is 1. The number of aliphatic hydroxyl groups is 1. The van der Waals surface area contributed by atoms with Gasteiger partial charge in [0.1, 0.15) is 11.7 Å². The average molecular weight is 450 g/mol. The van der Waals surface area contributed by atoms with Crippen LogP contribution in [0.3, 0.4) is 0 Å². The molecule has 1 heterocycles. The maximum absolute atomic E-state index is 12.6. The number of hydrogen-bond donors (Lipinski definition) is 5. The predicted molar refractivity (Wildman–Crippen MR) is 124 cm³/mol. The van der Waals surface area contributed by atoms with Gasteiger partial charge in [0.25, 0.3) is 11.8 Å². The van der Waals surface area contributed by atoms with E-state index in [9.17, 15) is 19.5 Å². The number of amides is 3. The molecule has 0 saturated carbocycles. The van der Waals surface area contributed by atoms with Crippen LogP contribution in [0.1, 0.15) is 28.9 Å². The minimum absolute atomic E-state index is 0.0992. The van der Waals surface area contributed by atoms with Gasteiger partial charge in [0.05, 0.1) is 18.0 Å². The second-order valence-corrected chi connectivity index (χ2v) is 7.63. The largest absolute Gasteiger partial charge is 0.392 e. The zero-order chi connectivity index (χ0) is 23.6. The smallest absolute Gasteiger partial charge is 0.270 e. The summed E-state index contributed by atoms with van der Waals surface area (Å²) in [5.74, 6) is -2.01. The zero-order valence-corrected chi connectivity index (χ0v) is 18.0. The van der Waals surface area contributed by atoms with Crippen LogP contribution in [0.4, 0.5) is 0 Å². The van der Waals surface area contributed by atoms with Gasteiger partial charge in [-0.1, -0.05) is 54.6 Å². The first-order valence-corrected chi connectivity index (χ1v) is 10.6. The van der Waals surface area contributed by atoms with Gasteiger partial charge >= 0.3 is 0 Å². The molecular weight excluding hydrogens is 422 g/mol. The van der Waals surface area contributed by atoms with Gasteiger partial charge in [-0.05, 0) is 30.5 Å². The van der Waals surface area contributed by atoms with Crippen molar-refractivity contribution >= 4 is 28.6 Å². The molecule has 0 saturated heterocycles. The number of aliphatic hydroxyl groups excluding tert-OH is 1. The van der Waals surface area contributed by atoms with Crippen LogP contribution in [-0.4, -0.2) is 46.5 Å². The van der Waals surface area contributed by atoms with Gasteiger partial charge < -0.3 is 16.2 Å². The summed E-state index contributed by atoms with van der Waals surface area (Å²) in [4.78, 5) is 40.9. The molecule has 172 valence electrons. The lowest BCUT2D eigenvalue weighted by Gasteiger charge is -2.18. The molecule has 9 nitrogen and oxygen atoms in total. The molecular formula is C24H27N5O4. The normalized spacial score (nSPS) is 12.6. The highest BCUT2D eigenvalue weighted by Gasteiger charge is 2.24. The molecule has 33 heavy (non-hydrogen) atoms. The highest BCUT2D eigenvalue weighted by molar-refractivity contribution is 5.98. The van der Waals surface area contributed by atoms with Crippen LogP contribution in [0.2, 0.25) is 0 Å². The number of aromatic nitrogens is 1. The number of hydrazine groups is 1. The third kappa shape index (κ3) is 7.37. The van der Waals surface area contributed by atoms with Gasteiger partial charge in [0, 0.05) is 11.9 Å². The van der Waals surface area contributed by atoms with Crippen molar-refractivity contribution in [2.45, 2.75) is 31.4 Å². The van der Waals surface area contributed by atoms with Crippen LogP contribution in [0, 0.1) is 0 Å². The van der Waals surface area contributed by atoms with E-state index in [-0.39, 0.29) is 18.7 Å². The molecule has 6 N–H and O–H groups in total. The molecule has 0 aliphatic carbocycles. The highest BCUT2D eigenvalue weighted by Crippen LogP contribution is 2.12. The molecule has 0 aliphatic heterocycles. The van der Waals surface area contributed by atoms with Crippen LogP contribution in [0.5, 0.6) is 0 Å². The summed E-state index contributed by atoms with van der Waals surface area (Å²) in [6.45, 7) is 0.0992. The standard InChI is InChI=1S/C24H27N5O4/c25-22(31)14-21(28-23(32)20-13-11-17-8-4-5-9-19(17)27-20)24(33)29-26-15-18(30)12-10-16-6-2-1-3-7-16/h1-9,11,13,18,21,26,30H,10,12,14-15H2,(H2,25,31)(H,28,32)(H,29,33)/t18-,21+/m1/s1. The van der Waals surface area contributed by atoms with Gasteiger partial charge in [-0.25, -0.2) is 10.4 Å². The van der Waals surface area contributed by atoms with Crippen molar-refractivity contribution in [1.82, 2.24) is 21.2 Å². The summed E-state index contributed by atoms with van der Waals surface area (Å²) in [7, 11) is 0. The molecule has 0 aliphatic rings. The van der Waals surface area contributed by atoms with Gasteiger partial charge in [-0.3, -0.25) is 19.8 Å². The Labute approximate surface area is 191 Å². The number of fused-ring (bicyclic) bond motifs is 1. The van der Waals surface area contributed by atoms with Crippen LogP contribution in [0.25, 0.3) is 10.9 Å². The Bertz CT molecular complexity index is 1110. The van der Waals surface area contributed by atoms with E-state index in [1.165, 1.54) is 6.07 Å². The lowest BCUT2D eigenvalue weighted by molar-refractivity contribution is -0.127. The third-order valence-corrected chi connectivity index (χ3v) is 5.02. The SMILES string of the molecule is NC(=O)C[C@H](NC(=O)c1ccc2ccccc2n1)C(=O)NNC[C@H](O)CCc1ccccc1. The minimum Gasteiger partial charge on any atom is -0.392 e. The maximum atomic E-state index is 12.6. The lowest BCUT2D eigenvalue weighted by Crippen LogP contribution is -2.53. The van der Waals surface area contributed by atoms with Gasteiger partial charge in [0.15, 0.2) is 0 Å². The second kappa shape index (κ2) is 11.7. The number of pyridine rings is 1. The highest BCUT2D eigenvalue weighted by atomic mass is 16.3. The molecule has 1 aromatic heterocycles. The van der Waals surface area contributed by atoms with Crippen molar-refractivity contribution in [3.05, 3.63) is 78.0 Å². The second-order valence-electron chi connectivity index (χ2n) is 7.63. The van der Waals surface area contributed by atoms with E-state index in [1.54, 1.807) is 18.2 Å². The van der Waals surface area contributed by atoms with Crippen LogP contribution < -0.4 is 21.9 Å². The fraction of sp³-hybridized carbons (Fsp3) is 0.250. The quantitative estimate of drug-likeness (QED) is 0.274. The van der Waals surface area contributed by atoms with E-state index in [1.807, 2.05) is 42.5 Å². The summed E-state index contributed by atoms with van der Waals surface area (Å²) >= 11 is 0. The summed E-state index contributed by atoms with van der Waals surface area (Å²) in [5.41, 5.74) is 12.1. The van der Waals surface area contributed by atoms with Gasteiger partial charge in [-0.2, -0.15) is 0 Å². The number of carbonyl (C=O) groups excluding carboxylic acids is 3. The molecule has 3 rings (SSSR count). The monoisotopic (exact) mass is 449 g/mol. The number of rotatable bonds is 11. The molecule has 0 fully saturated rings. The topological polar surface area (TPSA) is 146 Å². The van der Waals surface area contributed by atoms with Crippen LogP contribution >= 0.6 is 0 Å². The Morgan fingerprint density at radius 3 is 2.45 bits per heavy atom. The molecule has 0 unspecified atom stereocenters. The van der Waals surface area contributed by atoms with E-state index in [0.29, 0.717) is 18.4 Å². The molecule has 0 bridgehead atoms. The van der Waals surface area contributed by atoms with E-state index < -0.39 is 29.9 Å². The van der Waals surface area contributed by atoms with Crippen molar-refractivity contribution in [3.8, 4) is 0 Å². The first-order chi connectivity index (χ1) is 15.9. The number of para-hydroxylation sites is 1. The summed E-state index contributed by atoms with van der Waals surface area (Å²) in [5, 5.41) is 13.5. The molecule has 9 heteroatoms. The third-order valence-electron chi connectivity index (χ3n) is 5.02. The number of nitrogens with one attached hydrogen (secondary N) is 3. The minimum atomic E-state index is -1.20. The number of carbonyl (C=O) groups is 3. The van der Waals surface area contributed by atoms with Crippen LogP contribution in [-0.2, 0) is 16.0 Å². The van der Waals surface area contributed by atoms with Gasteiger partial charge in [-0.15, -0.1) is 0 Å². The lowest BCUT2D eigenvalue weighted by atomic mass is 10.1. The number of benzene rings is 2. The first kappa shape index (κ1) is 23.8. The number of primary amides is 1. The van der Waals surface area contributed by atoms with Crippen molar-refractivity contribution in [2.24, 2.45) is 5.73 Å². The maximum Gasteiger partial charge on any atom is 0.270 e. The molecule has 0 radical (unpaired) electrons. The molecule has 2 atom stereocenters. The summed E-state index contributed by atoms with van der Waals surface area (Å²) < 4.78 is 0. The molecule has 0 spiro atoms. The fourth-order valence-corrected chi connectivity index (χ4v) is 3.26.